The summed E-state index contributed by atoms with van der Waals surface area (Å²) in [6, 6.07) is 9.65. The van der Waals surface area contributed by atoms with Gasteiger partial charge in [-0.25, -0.2) is 4.39 Å². The highest BCUT2D eigenvalue weighted by molar-refractivity contribution is 5.33. The van der Waals surface area contributed by atoms with E-state index in [0.717, 1.165) is 12.1 Å². The van der Waals surface area contributed by atoms with Crippen molar-refractivity contribution in [1.82, 2.24) is 0 Å². The second-order valence-corrected chi connectivity index (χ2v) is 5.46. The number of benzene rings is 2. The lowest BCUT2D eigenvalue weighted by atomic mass is 9.91. The van der Waals surface area contributed by atoms with E-state index in [9.17, 15) is 17.6 Å². The fraction of sp³-hybridized carbons (Fsp3) is 0.333. The largest absolute Gasteiger partial charge is 0.491 e. The minimum absolute atomic E-state index is 0.149. The van der Waals surface area contributed by atoms with Gasteiger partial charge in [0.25, 0.3) is 0 Å². The quantitative estimate of drug-likeness (QED) is 0.784. The van der Waals surface area contributed by atoms with E-state index < -0.39 is 17.6 Å². The lowest BCUT2D eigenvalue weighted by Crippen LogP contribution is -2.16. The van der Waals surface area contributed by atoms with Crippen LogP contribution in [0.3, 0.4) is 0 Å². The molecule has 0 saturated heterocycles. The Morgan fingerprint density at radius 1 is 1.12 bits per heavy atom. The summed E-state index contributed by atoms with van der Waals surface area (Å²) in [5.41, 5.74) is 6.19. The van der Waals surface area contributed by atoms with Crippen LogP contribution in [0, 0.1) is 5.82 Å². The third kappa shape index (κ3) is 4.47. The number of halogens is 4. The first-order chi connectivity index (χ1) is 11.3. The Morgan fingerprint density at radius 2 is 1.88 bits per heavy atom. The van der Waals surface area contributed by atoms with E-state index in [2.05, 4.69) is 0 Å². The van der Waals surface area contributed by atoms with Gasteiger partial charge in [-0.05, 0) is 49.2 Å². The van der Waals surface area contributed by atoms with Gasteiger partial charge >= 0.3 is 6.18 Å². The molecule has 24 heavy (non-hydrogen) atoms. The molecular weight excluding hydrogens is 322 g/mol. The highest BCUT2D eigenvalue weighted by Crippen LogP contribution is 2.31. The summed E-state index contributed by atoms with van der Waals surface area (Å²) in [5, 5.41) is 0. The molecule has 1 unspecified atom stereocenters. The molecule has 6 heteroatoms. The van der Waals surface area contributed by atoms with Gasteiger partial charge in [0.1, 0.15) is 0 Å². The van der Waals surface area contributed by atoms with E-state index >= 15 is 0 Å². The Morgan fingerprint density at radius 3 is 2.46 bits per heavy atom. The van der Waals surface area contributed by atoms with Crippen LogP contribution in [0.25, 0.3) is 0 Å². The Hall–Kier alpha value is -2.08. The van der Waals surface area contributed by atoms with Crippen molar-refractivity contribution < 1.29 is 22.3 Å². The summed E-state index contributed by atoms with van der Waals surface area (Å²) < 4.78 is 57.5. The summed E-state index contributed by atoms with van der Waals surface area (Å²) in [7, 11) is 0. The van der Waals surface area contributed by atoms with Crippen molar-refractivity contribution in [2.24, 2.45) is 5.73 Å². The number of ether oxygens (including phenoxy) is 1. The van der Waals surface area contributed by atoms with Crippen LogP contribution in [-0.4, -0.2) is 13.2 Å². The van der Waals surface area contributed by atoms with Crippen LogP contribution in [0.15, 0.2) is 42.5 Å². The zero-order valence-electron chi connectivity index (χ0n) is 13.2. The molecule has 1 atom stereocenters. The summed E-state index contributed by atoms with van der Waals surface area (Å²) in [4.78, 5) is 0. The van der Waals surface area contributed by atoms with Gasteiger partial charge in [-0.1, -0.05) is 24.3 Å². The normalized spacial score (nSPS) is 12.9. The summed E-state index contributed by atoms with van der Waals surface area (Å²) in [6.45, 7) is 2.30. The SMILES string of the molecule is CCOc1ccc(C(CN)Cc2cccc(C(F)(F)F)c2)cc1F. The molecule has 0 saturated carbocycles. The first kappa shape index (κ1) is 18.3. The minimum atomic E-state index is -4.39. The zero-order chi connectivity index (χ0) is 17.7. The molecule has 0 fully saturated rings. The van der Waals surface area contributed by atoms with Gasteiger partial charge in [-0.3, -0.25) is 0 Å². The second kappa shape index (κ2) is 7.66. The van der Waals surface area contributed by atoms with Gasteiger partial charge < -0.3 is 10.5 Å². The number of alkyl halides is 3. The molecule has 0 aromatic heterocycles. The van der Waals surface area contributed by atoms with Crippen molar-refractivity contribution in [2.45, 2.75) is 25.4 Å². The van der Waals surface area contributed by atoms with Crippen molar-refractivity contribution in [2.75, 3.05) is 13.2 Å². The minimum Gasteiger partial charge on any atom is -0.491 e. The maximum Gasteiger partial charge on any atom is 0.416 e. The summed E-state index contributed by atoms with van der Waals surface area (Å²) in [5.74, 6) is -0.633. The number of nitrogens with two attached hydrogens (primary N) is 1. The number of hydrogen-bond acceptors (Lipinski definition) is 2. The Labute approximate surface area is 138 Å². The Balaban J connectivity index is 2.22. The maximum atomic E-state index is 14.0. The predicted molar refractivity (Wildman–Crippen MR) is 84.5 cm³/mol. The monoisotopic (exact) mass is 341 g/mol. The lowest BCUT2D eigenvalue weighted by Gasteiger charge is -2.17. The molecule has 2 aromatic carbocycles. The van der Waals surface area contributed by atoms with Crippen LogP contribution in [-0.2, 0) is 12.6 Å². The summed E-state index contributed by atoms with van der Waals surface area (Å²) in [6.07, 6.45) is -4.09. The summed E-state index contributed by atoms with van der Waals surface area (Å²) >= 11 is 0. The molecular formula is C18H19F4NO. The fourth-order valence-electron chi connectivity index (χ4n) is 2.54. The first-order valence-electron chi connectivity index (χ1n) is 7.63. The van der Waals surface area contributed by atoms with Crippen LogP contribution < -0.4 is 10.5 Å². The molecule has 0 aliphatic rings. The number of hydrogen-bond donors (Lipinski definition) is 1. The van der Waals surface area contributed by atoms with Crippen LogP contribution in [0.5, 0.6) is 5.75 Å². The Bertz CT molecular complexity index is 685. The van der Waals surface area contributed by atoms with Gasteiger partial charge in [0.2, 0.25) is 0 Å². The highest BCUT2D eigenvalue weighted by Gasteiger charge is 2.30. The van der Waals surface area contributed by atoms with Crippen LogP contribution in [0.1, 0.15) is 29.5 Å². The van der Waals surface area contributed by atoms with Crippen molar-refractivity contribution in [3.63, 3.8) is 0 Å². The van der Waals surface area contributed by atoms with Crippen molar-refractivity contribution in [3.8, 4) is 5.75 Å². The van der Waals surface area contributed by atoms with E-state index in [1.54, 1.807) is 19.1 Å². The van der Waals surface area contributed by atoms with Crippen LogP contribution >= 0.6 is 0 Å². The van der Waals surface area contributed by atoms with Crippen molar-refractivity contribution >= 4 is 0 Å². The molecule has 0 heterocycles. The van der Waals surface area contributed by atoms with Crippen molar-refractivity contribution in [3.05, 3.63) is 65.0 Å². The molecule has 2 aromatic rings. The van der Waals surface area contributed by atoms with Gasteiger partial charge in [0.05, 0.1) is 12.2 Å². The van der Waals surface area contributed by atoms with E-state index in [1.165, 1.54) is 18.2 Å². The average molecular weight is 341 g/mol. The maximum absolute atomic E-state index is 14.0. The fourth-order valence-corrected chi connectivity index (χ4v) is 2.54. The molecule has 2 nitrogen and oxygen atoms in total. The predicted octanol–water partition coefficient (Wildman–Crippen LogP) is 4.53. The lowest BCUT2D eigenvalue weighted by molar-refractivity contribution is -0.137. The molecule has 130 valence electrons. The van der Waals surface area contributed by atoms with Crippen LogP contribution in [0.4, 0.5) is 17.6 Å². The molecule has 0 aliphatic heterocycles. The first-order valence-corrected chi connectivity index (χ1v) is 7.63. The van der Waals surface area contributed by atoms with Gasteiger partial charge in [0.15, 0.2) is 11.6 Å². The highest BCUT2D eigenvalue weighted by atomic mass is 19.4. The average Bonchev–Trinajstić information content (AvgIpc) is 2.54. The zero-order valence-corrected chi connectivity index (χ0v) is 13.2. The molecule has 0 spiro atoms. The molecule has 0 amide bonds. The van der Waals surface area contributed by atoms with Gasteiger partial charge in [0, 0.05) is 5.92 Å². The van der Waals surface area contributed by atoms with E-state index in [1.807, 2.05) is 0 Å². The topological polar surface area (TPSA) is 35.2 Å². The molecule has 2 N–H and O–H groups in total. The van der Waals surface area contributed by atoms with Crippen LogP contribution in [0.2, 0.25) is 0 Å². The third-order valence-corrected chi connectivity index (χ3v) is 3.75. The molecule has 0 radical (unpaired) electrons. The number of rotatable bonds is 6. The van der Waals surface area contributed by atoms with E-state index in [0.29, 0.717) is 24.2 Å². The molecule has 0 aliphatic carbocycles. The third-order valence-electron chi connectivity index (χ3n) is 3.75. The standard InChI is InChI=1S/C18H19F4NO/c1-2-24-17-7-6-13(10-16(17)19)14(11-23)8-12-4-3-5-15(9-12)18(20,21)22/h3-7,9-10,14H,2,8,11,23H2,1H3. The van der Waals surface area contributed by atoms with Gasteiger partial charge in [-0.15, -0.1) is 0 Å². The van der Waals surface area contributed by atoms with E-state index in [-0.39, 0.29) is 18.2 Å². The smallest absolute Gasteiger partial charge is 0.416 e. The van der Waals surface area contributed by atoms with Gasteiger partial charge in [-0.2, -0.15) is 13.2 Å². The second-order valence-electron chi connectivity index (χ2n) is 5.46. The van der Waals surface area contributed by atoms with Crippen molar-refractivity contribution in [1.29, 1.82) is 0 Å². The molecule has 2 rings (SSSR count). The Kier molecular flexibility index (Phi) is 5.83. The molecule has 0 bridgehead atoms. The van der Waals surface area contributed by atoms with E-state index in [4.69, 9.17) is 10.5 Å².